The maximum atomic E-state index is 14.9. The maximum Gasteiger partial charge on any atom is 0.451 e. The van der Waals surface area contributed by atoms with Crippen molar-refractivity contribution in [1.29, 1.82) is 0 Å². The highest BCUT2D eigenvalue weighted by Crippen LogP contribution is 2.50. The molecule has 2 bridgehead atoms. The number of piperidine rings is 1. The summed E-state index contributed by atoms with van der Waals surface area (Å²) in [4.78, 5) is 13.0. The molecule has 14 heteroatoms. The number of alkyl halides is 3. The Morgan fingerprint density at radius 3 is 2.64 bits per heavy atom. The summed E-state index contributed by atoms with van der Waals surface area (Å²) in [5.41, 5.74) is 3.45. The predicted molar refractivity (Wildman–Crippen MR) is 164 cm³/mol. The molecule has 4 aliphatic rings. The van der Waals surface area contributed by atoms with E-state index in [2.05, 4.69) is 19.9 Å². The molecule has 0 amide bonds. The van der Waals surface area contributed by atoms with Gasteiger partial charge in [0.1, 0.15) is 5.82 Å². The van der Waals surface area contributed by atoms with Crippen molar-refractivity contribution < 1.29 is 31.8 Å². The Balaban J connectivity index is 0.995. The molecular formula is C33H31ClF4N6O3. The summed E-state index contributed by atoms with van der Waals surface area (Å²) in [5.74, 6) is -1.58. The first kappa shape index (κ1) is 30.4. The van der Waals surface area contributed by atoms with Crippen LogP contribution in [0.25, 0.3) is 11.4 Å². The fourth-order valence-electron chi connectivity index (χ4n) is 7.24. The molecule has 0 radical (unpaired) electrons. The number of aromatic amines is 1. The van der Waals surface area contributed by atoms with E-state index in [4.69, 9.17) is 30.8 Å². The van der Waals surface area contributed by atoms with Gasteiger partial charge in [-0.15, -0.1) is 0 Å². The normalized spacial score (nSPS) is 24.4. The largest absolute Gasteiger partial charge is 0.451 e. The zero-order valence-electron chi connectivity index (χ0n) is 25.4. The van der Waals surface area contributed by atoms with Crippen LogP contribution < -0.4 is 14.4 Å². The molecule has 0 spiro atoms. The predicted octanol–water partition coefficient (Wildman–Crippen LogP) is 6.68. The number of aromatic nitrogens is 4. The van der Waals surface area contributed by atoms with Gasteiger partial charge in [-0.25, -0.2) is 9.37 Å². The number of ether oxygens (including phenoxy) is 3. The average Bonchev–Trinajstić information content (AvgIpc) is 3.85. The minimum Gasteiger partial charge on any atom is -0.444 e. The van der Waals surface area contributed by atoms with Crippen molar-refractivity contribution in [3.63, 3.8) is 0 Å². The van der Waals surface area contributed by atoms with Crippen molar-refractivity contribution in [2.24, 2.45) is 0 Å². The number of pyridine rings is 1. The van der Waals surface area contributed by atoms with Crippen molar-refractivity contribution in [1.82, 2.24) is 25.1 Å². The Morgan fingerprint density at radius 1 is 1.11 bits per heavy atom. The molecule has 3 saturated heterocycles. The number of nitrogens with one attached hydrogen (secondary N) is 1. The Morgan fingerprint density at radius 2 is 1.94 bits per heavy atom. The average molecular weight is 671 g/mol. The summed E-state index contributed by atoms with van der Waals surface area (Å²) < 4.78 is 72.8. The fourth-order valence-corrected chi connectivity index (χ4v) is 7.40. The standard InChI is InChI=1S/C33H31ClF4N6O3/c1-32(24-6-5-20(34)12-25(24)35)46-28-4-2-3-23(29(28)47-32)18-7-9-43(10-8-18)16-26-27(44-15-22-13-21(44)17-45-22)11-19(14-39-26)30-40-31(42-41-30)33(36,37)38/h2-6,11-12,14,18,21-22H,7-10,13,15-17H2,1H3,(H,40,41,42)/t21-,22-,32-/m1/s1. The number of fused-ring (bicyclic) bond motifs is 3. The molecule has 4 aromatic rings. The summed E-state index contributed by atoms with van der Waals surface area (Å²) in [6.45, 7) is 5.19. The third-order valence-corrected chi connectivity index (χ3v) is 9.84. The lowest BCUT2D eigenvalue weighted by Gasteiger charge is -2.35. The van der Waals surface area contributed by atoms with Crippen molar-refractivity contribution in [2.45, 2.75) is 62.8 Å². The number of morpholine rings is 1. The van der Waals surface area contributed by atoms with E-state index in [1.54, 1.807) is 25.3 Å². The van der Waals surface area contributed by atoms with Crippen LogP contribution in [0.4, 0.5) is 23.2 Å². The van der Waals surface area contributed by atoms with Crippen LogP contribution in [-0.2, 0) is 23.2 Å². The lowest BCUT2D eigenvalue weighted by atomic mass is 9.88. The van der Waals surface area contributed by atoms with Gasteiger partial charge in [-0.05, 0) is 68.6 Å². The van der Waals surface area contributed by atoms with Crippen LogP contribution in [0.15, 0.2) is 48.7 Å². The van der Waals surface area contributed by atoms with Crippen LogP contribution in [0, 0.1) is 5.82 Å². The van der Waals surface area contributed by atoms with E-state index < -0.39 is 23.6 Å². The smallest absolute Gasteiger partial charge is 0.444 e. The van der Waals surface area contributed by atoms with Crippen LogP contribution in [0.5, 0.6) is 11.5 Å². The molecule has 6 heterocycles. The molecule has 1 N–H and O–H groups in total. The lowest BCUT2D eigenvalue weighted by molar-refractivity contribution is -0.144. The first-order valence-electron chi connectivity index (χ1n) is 15.6. The Hall–Kier alpha value is -3.94. The SMILES string of the molecule is C[C@@]1(c2ccc(Cl)cc2F)Oc2cccc(C3CCN(Cc4ncc(-c5n[nH]c(C(F)(F)F)n5)cc4N4C[C@H]5C[C@@H]4CO5)CC3)c2O1. The zero-order valence-corrected chi connectivity index (χ0v) is 26.1. The van der Waals surface area contributed by atoms with Crippen LogP contribution in [0.1, 0.15) is 54.7 Å². The molecule has 3 atom stereocenters. The Bertz CT molecular complexity index is 1830. The molecule has 4 aliphatic heterocycles. The topological polar surface area (TPSA) is 88.6 Å². The Kier molecular flexibility index (Phi) is 7.34. The zero-order chi connectivity index (χ0) is 32.5. The van der Waals surface area contributed by atoms with Crippen LogP contribution >= 0.6 is 11.6 Å². The van der Waals surface area contributed by atoms with Crippen LogP contribution in [0.2, 0.25) is 5.02 Å². The van der Waals surface area contributed by atoms with E-state index in [0.717, 1.165) is 49.3 Å². The summed E-state index contributed by atoms with van der Waals surface area (Å²) in [6, 6.07) is 12.3. The summed E-state index contributed by atoms with van der Waals surface area (Å²) in [5, 5.41) is 6.11. The van der Waals surface area contributed by atoms with Crippen molar-refractivity contribution in [3.8, 4) is 22.9 Å². The van der Waals surface area contributed by atoms with Crippen LogP contribution in [0.3, 0.4) is 0 Å². The first-order chi connectivity index (χ1) is 22.5. The third kappa shape index (κ3) is 5.57. The molecule has 2 aromatic carbocycles. The second-order valence-corrected chi connectivity index (χ2v) is 13.1. The molecule has 246 valence electrons. The van der Waals surface area contributed by atoms with E-state index in [9.17, 15) is 17.6 Å². The van der Waals surface area contributed by atoms with Crippen LogP contribution in [-0.4, -0.2) is 63.5 Å². The van der Waals surface area contributed by atoms with E-state index in [-0.39, 0.29) is 29.5 Å². The van der Waals surface area contributed by atoms with Gasteiger partial charge in [0.15, 0.2) is 17.3 Å². The fraction of sp³-hybridized carbons (Fsp3) is 0.424. The summed E-state index contributed by atoms with van der Waals surface area (Å²) in [6.07, 6.45) is -0.316. The lowest BCUT2D eigenvalue weighted by Crippen LogP contribution is -2.39. The Labute approximate surface area is 272 Å². The highest BCUT2D eigenvalue weighted by molar-refractivity contribution is 6.30. The number of hydrogen-bond donors (Lipinski definition) is 1. The second kappa shape index (κ2) is 11.3. The molecule has 0 saturated carbocycles. The van der Waals surface area contributed by atoms with Gasteiger partial charge in [-0.2, -0.15) is 18.3 Å². The second-order valence-electron chi connectivity index (χ2n) is 12.7. The van der Waals surface area contributed by atoms with Gasteiger partial charge in [0.2, 0.25) is 5.82 Å². The number of H-pyrrole nitrogens is 1. The molecule has 2 aromatic heterocycles. The van der Waals surface area contributed by atoms with E-state index in [0.29, 0.717) is 41.8 Å². The molecule has 9 nitrogen and oxygen atoms in total. The summed E-state index contributed by atoms with van der Waals surface area (Å²) >= 11 is 5.97. The van der Waals surface area contributed by atoms with Gasteiger partial charge in [-0.3, -0.25) is 15.0 Å². The number of para-hydroxylation sites is 1. The first-order valence-corrected chi connectivity index (χ1v) is 16.0. The summed E-state index contributed by atoms with van der Waals surface area (Å²) in [7, 11) is 0. The highest BCUT2D eigenvalue weighted by atomic mass is 35.5. The minimum absolute atomic E-state index is 0.0458. The number of rotatable bonds is 6. The van der Waals surface area contributed by atoms with Gasteiger partial charge >= 0.3 is 6.18 Å². The van der Waals surface area contributed by atoms with E-state index in [1.807, 2.05) is 29.4 Å². The monoisotopic (exact) mass is 670 g/mol. The molecule has 47 heavy (non-hydrogen) atoms. The van der Waals surface area contributed by atoms with Crippen molar-refractivity contribution >= 4 is 17.3 Å². The number of nitrogens with zero attached hydrogens (tertiary/aromatic N) is 5. The van der Waals surface area contributed by atoms with Gasteiger partial charge in [0.05, 0.1) is 35.7 Å². The highest BCUT2D eigenvalue weighted by Gasteiger charge is 2.44. The van der Waals surface area contributed by atoms with Gasteiger partial charge in [0, 0.05) is 42.4 Å². The molecular weight excluding hydrogens is 640 g/mol. The number of benzene rings is 2. The van der Waals surface area contributed by atoms with Gasteiger partial charge in [-0.1, -0.05) is 23.7 Å². The van der Waals surface area contributed by atoms with Crippen molar-refractivity contribution in [2.75, 3.05) is 31.1 Å². The molecule has 8 rings (SSSR count). The number of hydrogen-bond acceptors (Lipinski definition) is 8. The molecule has 3 fully saturated rings. The van der Waals surface area contributed by atoms with Crippen molar-refractivity contribution in [3.05, 3.63) is 82.1 Å². The number of likely N-dealkylation sites (tertiary alicyclic amines) is 1. The number of halogens is 5. The van der Waals surface area contributed by atoms with E-state index in [1.165, 1.54) is 6.07 Å². The minimum atomic E-state index is -4.62. The number of anilines is 1. The maximum absolute atomic E-state index is 14.9. The van der Waals surface area contributed by atoms with Gasteiger partial charge < -0.3 is 19.1 Å². The molecule has 0 aliphatic carbocycles. The molecule has 0 unspecified atom stereocenters. The van der Waals surface area contributed by atoms with Gasteiger partial charge in [0.25, 0.3) is 5.79 Å². The van der Waals surface area contributed by atoms with E-state index >= 15 is 0 Å². The third-order valence-electron chi connectivity index (χ3n) is 9.60. The quantitative estimate of drug-likeness (QED) is 0.228.